The Morgan fingerprint density at radius 3 is 2.62 bits per heavy atom. The number of hydrogen-bond donors (Lipinski definition) is 2. The number of aromatic amines is 1. The zero-order valence-corrected chi connectivity index (χ0v) is 13.3. The number of H-pyrrole nitrogens is 1. The van der Waals surface area contributed by atoms with E-state index in [1.54, 1.807) is 4.90 Å². The quantitative estimate of drug-likeness (QED) is 0.887. The summed E-state index contributed by atoms with van der Waals surface area (Å²) in [6.07, 6.45) is 2.50. The highest BCUT2D eigenvalue weighted by Crippen LogP contribution is 2.19. The third-order valence-electron chi connectivity index (χ3n) is 4.36. The van der Waals surface area contributed by atoms with Crippen LogP contribution < -0.4 is 5.73 Å². The van der Waals surface area contributed by atoms with Gasteiger partial charge in [0.2, 0.25) is 5.91 Å². The third-order valence-corrected chi connectivity index (χ3v) is 4.36. The summed E-state index contributed by atoms with van der Waals surface area (Å²) < 4.78 is 0. The topological polar surface area (TPSA) is 62.1 Å². The monoisotopic (exact) mass is 287 g/mol. The number of nitrogens with zero attached hydrogens (tertiary/aromatic N) is 1. The van der Waals surface area contributed by atoms with Crippen molar-refractivity contribution < 1.29 is 4.79 Å². The molecule has 114 valence electrons. The molecule has 0 aliphatic rings. The van der Waals surface area contributed by atoms with Crippen molar-refractivity contribution in [1.29, 1.82) is 0 Å². The molecule has 1 heterocycles. The van der Waals surface area contributed by atoms with Crippen LogP contribution in [-0.4, -0.2) is 34.9 Å². The Balaban J connectivity index is 2.10. The minimum absolute atomic E-state index is 0.00137. The fraction of sp³-hybridized carbons (Fsp3) is 0.471. The van der Waals surface area contributed by atoms with Crippen molar-refractivity contribution in [3.05, 3.63) is 36.0 Å². The van der Waals surface area contributed by atoms with Crippen molar-refractivity contribution in [2.45, 2.75) is 39.3 Å². The van der Waals surface area contributed by atoms with Crippen LogP contribution in [0.3, 0.4) is 0 Å². The lowest BCUT2D eigenvalue weighted by Crippen LogP contribution is -2.48. The Labute approximate surface area is 126 Å². The molecular formula is C17H25N3O. The minimum atomic E-state index is -0.504. The molecule has 0 fully saturated rings. The Kier molecular flexibility index (Phi) is 4.68. The molecule has 4 heteroatoms. The van der Waals surface area contributed by atoms with Gasteiger partial charge < -0.3 is 15.6 Å². The lowest BCUT2D eigenvalue weighted by atomic mass is 10.0. The van der Waals surface area contributed by atoms with E-state index in [0.717, 1.165) is 16.5 Å². The smallest absolute Gasteiger partial charge is 0.239 e. The van der Waals surface area contributed by atoms with Gasteiger partial charge in [-0.25, -0.2) is 0 Å². The van der Waals surface area contributed by atoms with Gasteiger partial charge in [0.05, 0.1) is 6.04 Å². The van der Waals surface area contributed by atoms with Crippen LogP contribution in [0.25, 0.3) is 10.9 Å². The highest BCUT2D eigenvalue weighted by molar-refractivity contribution is 5.86. The molecule has 0 aliphatic carbocycles. The van der Waals surface area contributed by atoms with Crippen molar-refractivity contribution in [3.8, 4) is 0 Å². The second kappa shape index (κ2) is 6.31. The summed E-state index contributed by atoms with van der Waals surface area (Å²) in [6, 6.07) is 7.76. The Bertz CT molecular complexity index is 617. The second-order valence-electron chi connectivity index (χ2n) is 6.10. The summed E-state index contributed by atoms with van der Waals surface area (Å²) in [5.74, 6) is 0.417. The van der Waals surface area contributed by atoms with Gasteiger partial charge in [-0.2, -0.15) is 0 Å². The first kappa shape index (κ1) is 15.6. The average molecular weight is 287 g/mol. The van der Waals surface area contributed by atoms with E-state index in [0.29, 0.717) is 12.3 Å². The van der Waals surface area contributed by atoms with Gasteiger partial charge in [0, 0.05) is 30.2 Å². The molecule has 0 bridgehead atoms. The molecule has 21 heavy (non-hydrogen) atoms. The number of carbonyl (C=O) groups is 1. The van der Waals surface area contributed by atoms with Gasteiger partial charge >= 0.3 is 0 Å². The standard InChI is InChI=1S/C17H25N3O/c1-11(2)12(3)20(4)17(21)15(18)9-13-10-19-16-8-6-5-7-14(13)16/h5-8,10-12,15,19H,9,18H2,1-4H3/t12?,15-/m1/s1. The van der Waals surface area contributed by atoms with Gasteiger partial charge in [0.25, 0.3) is 0 Å². The maximum absolute atomic E-state index is 12.4. The molecule has 0 saturated heterocycles. The summed E-state index contributed by atoms with van der Waals surface area (Å²) in [5.41, 5.74) is 8.31. The van der Waals surface area contributed by atoms with Crippen molar-refractivity contribution in [2.75, 3.05) is 7.05 Å². The average Bonchev–Trinajstić information content (AvgIpc) is 2.88. The summed E-state index contributed by atoms with van der Waals surface area (Å²) >= 11 is 0. The summed E-state index contributed by atoms with van der Waals surface area (Å²) in [5, 5.41) is 1.14. The molecule has 3 N–H and O–H groups in total. The molecule has 1 aromatic carbocycles. The van der Waals surface area contributed by atoms with Crippen LogP contribution in [0.4, 0.5) is 0 Å². The first-order valence-electron chi connectivity index (χ1n) is 7.49. The molecule has 0 radical (unpaired) electrons. The summed E-state index contributed by atoms with van der Waals surface area (Å²) in [7, 11) is 1.84. The number of fused-ring (bicyclic) bond motifs is 1. The van der Waals surface area contributed by atoms with Crippen LogP contribution in [-0.2, 0) is 11.2 Å². The van der Waals surface area contributed by atoms with E-state index in [4.69, 9.17) is 5.73 Å². The molecule has 0 saturated carbocycles. The van der Waals surface area contributed by atoms with E-state index in [2.05, 4.69) is 31.8 Å². The van der Waals surface area contributed by atoms with E-state index in [-0.39, 0.29) is 11.9 Å². The molecular weight excluding hydrogens is 262 g/mol. The highest BCUT2D eigenvalue weighted by Gasteiger charge is 2.24. The van der Waals surface area contributed by atoms with E-state index in [1.807, 2.05) is 31.4 Å². The maximum atomic E-state index is 12.4. The fourth-order valence-electron chi connectivity index (χ4n) is 2.53. The zero-order chi connectivity index (χ0) is 15.6. The molecule has 0 aliphatic heterocycles. The number of nitrogens with one attached hydrogen (secondary N) is 1. The summed E-state index contributed by atoms with van der Waals surface area (Å²) in [6.45, 7) is 6.28. The van der Waals surface area contributed by atoms with Gasteiger partial charge in [-0.15, -0.1) is 0 Å². The van der Waals surface area contributed by atoms with Crippen LogP contribution in [0.2, 0.25) is 0 Å². The van der Waals surface area contributed by atoms with E-state index < -0.39 is 6.04 Å². The number of aromatic nitrogens is 1. The molecule has 4 nitrogen and oxygen atoms in total. The second-order valence-corrected chi connectivity index (χ2v) is 6.10. The van der Waals surface area contributed by atoms with E-state index >= 15 is 0 Å². The van der Waals surface area contributed by atoms with Gasteiger partial charge in [0.15, 0.2) is 0 Å². The van der Waals surface area contributed by atoms with Crippen LogP contribution in [0.15, 0.2) is 30.5 Å². The predicted octanol–water partition coefficient (Wildman–Crippen LogP) is 2.54. The molecule has 2 atom stereocenters. The maximum Gasteiger partial charge on any atom is 0.239 e. The first-order chi connectivity index (χ1) is 9.91. The largest absolute Gasteiger partial charge is 0.361 e. The molecule has 1 aromatic heterocycles. The Hall–Kier alpha value is -1.81. The van der Waals surface area contributed by atoms with E-state index in [9.17, 15) is 4.79 Å². The molecule has 1 amide bonds. The van der Waals surface area contributed by atoms with Gasteiger partial charge in [-0.05, 0) is 30.9 Å². The normalized spacial score (nSPS) is 14.4. The van der Waals surface area contributed by atoms with Crippen molar-refractivity contribution in [2.24, 2.45) is 11.7 Å². The van der Waals surface area contributed by atoms with Crippen LogP contribution in [0.1, 0.15) is 26.3 Å². The number of rotatable bonds is 5. The van der Waals surface area contributed by atoms with Crippen LogP contribution in [0, 0.1) is 5.92 Å². The number of amides is 1. The van der Waals surface area contributed by atoms with Crippen molar-refractivity contribution in [1.82, 2.24) is 9.88 Å². The van der Waals surface area contributed by atoms with Gasteiger partial charge in [-0.1, -0.05) is 32.0 Å². The zero-order valence-electron chi connectivity index (χ0n) is 13.3. The van der Waals surface area contributed by atoms with Crippen molar-refractivity contribution >= 4 is 16.8 Å². The lowest BCUT2D eigenvalue weighted by Gasteiger charge is -2.30. The first-order valence-corrected chi connectivity index (χ1v) is 7.49. The minimum Gasteiger partial charge on any atom is -0.361 e. The molecule has 2 rings (SSSR count). The summed E-state index contributed by atoms with van der Waals surface area (Å²) in [4.78, 5) is 17.4. The molecule has 0 spiro atoms. The highest BCUT2D eigenvalue weighted by atomic mass is 16.2. The third kappa shape index (κ3) is 3.27. The van der Waals surface area contributed by atoms with Crippen LogP contribution >= 0.6 is 0 Å². The SMILES string of the molecule is CC(C)C(C)N(C)C(=O)[C@H](N)Cc1c[nH]c2ccccc12. The van der Waals surface area contributed by atoms with Gasteiger partial charge in [0.1, 0.15) is 0 Å². The van der Waals surface area contributed by atoms with Gasteiger partial charge in [-0.3, -0.25) is 4.79 Å². The predicted molar refractivity (Wildman–Crippen MR) is 87.0 cm³/mol. The fourth-order valence-corrected chi connectivity index (χ4v) is 2.53. The lowest BCUT2D eigenvalue weighted by molar-refractivity contribution is -0.133. The number of likely N-dealkylation sites (N-methyl/N-ethyl adjacent to an activating group) is 1. The number of para-hydroxylation sites is 1. The molecule has 1 unspecified atom stereocenters. The number of nitrogens with two attached hydrogens (primary N) is 1. The number of benzene rings is 1. The number of carbonyl (C=O) groups excluding carboxylic acids is 1. The van der Waals surface area contributed by atoms with Crippen LogP contribution in [0.5, 0.6) is 0 Å². The Morgan fingerprint density at radius 1 is 1.29 bits per heavy atom. The van der Waals surface area contributed by atoms with E-state index in [1.165, 1.54) is 0 Å². The molecule has 2 aromatic rings. The Morgan fingerprint density at radius 2 is 1.95 bits per heavy atom. The van der Waals surface area contributed by atoms with Crippen molar-refractivity contribution in [3.63, 3.8) is 0 Å². The number of hydrogen-bond acceptors (Lipinski definition) is 2.